The van der Waals surface area contributed by atoms with Gasteiger partial charge in [0.1, 0.15) is 0 Å². The highest BCUT2D eigenvalue weighted by Gasteiger charge is 2.46. The van der Waals surface area contributed by atoms with Crippen LogP contribution in [0.2, 0.25) is 0 Å². The molecule has 0 aromatic carbocycles. The van der Waals surface area contributed by atoms with E-state index in [1.807, 2.05) is 0 Å². The van der Waals surface area contributed by atoms with Crippen molar-refractivity contribution >= 4 is 0 Å². The molecule has 78 valence electrons. The van der Waals surface area contributed by atoms with Gasteiger partial charge in [-0.3, -0.25) is 0 Å². The molecular weight excluding hydrogens is 176 g/mol. The van der Waals surface area contributed by atoms with Gasteiger partial charge >= 0.3 is 0 Å². The Hall–Kier alpha value is -0.220. The first kappa shape index (κ1) is 10.9. The summed E-state index contributed by atoms with van der Waals surface area (Å²) in [5, 5.41) is 12.1. The molecule has 0 heterocycles. The number of halogens is 2. The molecule has 4 heteroatoms. The standard InChI is InChI=1S/C9H17F2NO/c1-6(2)12-8-7(13)4-3-5-9(8,10)11/h6-8,12-13H,3-5H2,1-2H3/t7-,8+/m0/s1. The smallest absolute Gasteiger partial charge is 0.265 e. The van der Waals surface area contributed by atoms with Crippen molar-refractivity contribution in [3.8, 4) is 0 Å². The molecule has 0 radical (unpaired) electrons. The monoisotopic (exact) mass is 193 g/mol. The number of alkyl halides is 2. The number of hydrogen-bond donors (Lipinski definition) is 2. The maximum absolute atomic E-state index is 13.3. The van der Waals surface area contributed by atoms with Gasteiger partial charge in [0.2, 0.25) is 0 Å². The van der Waals surface area contributed by atoms with Crippen molar-refractivity contribution in [3.63, 3.8) is 0 Å². The van der Waals surface area contributed by atoms with Gasteiger partial charge in [0.05, 0.1) is 12.1 Å². The summed E-state index contributed by atoms with van der Waals surface area (Å²) in [6.07, 6.45) is -0.148. The van der Waals surface area contributed by atoms with Gasteiger partial charge in [-0.25, -0.2) is 8.78 Å². The van der Waals surface area contributed by atoms with Crippen molar-refractivity contribution in [2.24, 2.45) is 0 Å². The van der Waals surface area contributed by atoms with E-state index >= 15 is 0 Å². The predicted molar refractivity (Wildman–Crippen MR) is 46.9 cm³/mol. The molecule has 0 bridgehead atoms. The number of nitrogens with one attached hydrogen (secondary N) is 1. The van der Waals surface area contributed by atoms with Gasteiger partial charge in [-0.15, -0.1) is 0 Å². The summed E-state index contributed by atoms with van der Waals surface area (Å²) >= 11 is 0. The highest BCUT2D eigenvalue weighted by atomic mass is 19.3. The maximum Gasteiger partial charge on any atom is 0.265 e. The van der Waals surface area contributed by atoms with Gasteiger partial charge in [0.15, 0.2) is 0 Å². The van der Waals surface area contributed by atoms with Crippen molar-refractivity contribution in [1.82, 2.24) is 5.32 Å². The van der Waals surface area contributed by atoms with Crippen molar-refractivity contribution in [2.75, 3.05) is 0 Å². The molecule has 2 nitrogen and oxygen atoms in total. The van der Waals surface area contributed by atoms with Gasteiger partial charge in [-0.05, 0) is 12.8 Å². The van der Waals surface area contributed by atoms with E-state index in [-0.39, 0.29) is 12.5 Å². The second kappa shape index (κ2) is 3.88. The molecule has 0 aliphatic heterocycles. The van der Waals surface area contributed by atoms with E-state index in [1.54, 1.807) is 13.8 Å². The summed E-state index contributed by atoms with van der Waals surface area (Å²) in [4.78, 5) is 0. The Morgan fingerprint density at radius 3 is 2.54 bits per heavy atom. The second-order valence-electron chi connectivity index (χ2n) is 4.02. The zero-order valence-corrected chi connectivity index (χ0v) is 8.06. The fourth-order valence-electron chi connectivity index (χ4n) is 1.74. The van der Waals surface area contributed by atoms with Crippen LogP contribution in [0.25, 0.3) is 0 Å². The zero-order chi connectivity index (χ0) is 10.1. The van der Waals surface area contributed by atoms with Crippen molar-refractivity contribution < 1.29 is 13.9 Å². The van der Waals surface area contributed by atoms with Gasteiger partial charge in [-0.1, -0.05) is 13.8 Å². The van der Waals surface area contributed by atoms with Crippen LogP contribution in [0.5, 0.6) is 0 Å². The Labute approximate surface area is 77.3 Å². The molecule has 1 fully saturated rings. The lowest BCUT2D eigenvalue weighted by atomic mass is 9.88. The molecule has 2 atom stereocenters. The molecular formula is C9H17F2NO. The molecule has 1 aliphatic rings. The Balaban J connectivity index is 2.63. The lowest BCUT2D eigenvalue weighted by Crippen LogP contribution is -2.56. The second-order valence-corrected chi connectivity index (χ2v) is 4.02. The highest BCUT2D eigenvalue weighted by molar-refractivity contribution is 4.93. The Bertz CT molecular complexity index is 173. The van der Waals surface area contributed by atoms with Crippen LogP contribution in [0.4, 0.5) is 8.78 Å². The minimum atomic E-state index is -2.76. The van der Waals surface area contributed by atoms with Crippen LogP contribution in [-0.4, -0.2) is 29.2 Å². The topological polar surface area (TPSA) is 32.3 Å². The number of aliphatic hydroxyl groups is 1. The fraction of sp³-hybridized carbons (Fsp3) is 1.00. The summed E-state index contributed by atoms with van der Waals surface area (Å²) in [7, 11) is 0. The molecule has 0 aromatic rings. The van der Waals surface area contributed by atoms with E-state index in [4.69, 9.17) is 0 Å². The van der Waals surface area contributed by atoms with Gasteiger partial charge < -0.3 is 10.4 Å². The Kier molecular flexibility index (Phi) is 3.24. The first-order valence-electron chi connectivity index (χ1n) is 4.75. The largest absolute Gasteiger partial charge is 0.391 e. The lowest BCUT2D eigenvalue weighted by molar-refractivity contribution is -0.110. The van der Waals surface area contributed by atoms with Gasteiger partial charge in [-0.2, -0.15) is 0 Å². The molecule has 1 aliphatic carbocycles. The van der Waals surface area contributed by atoms with Crippen LogP contribution >= 0.6 is 0 Å². The minimum absolute atomic E-state index is 0.0244. The Morgan fingerprint density at radius 2 is 2.08 bits per heavy atom. The molecule has 1 rings (SSSR count). The molecule has 13 heavy (non-hydrogen) atoms. The lowest BCUT2D eigenvalue weighted by Gasteiger charge is -2.36. The van der Waals surface area contributed by atoms with E-state index in [0.717, 1.165) is 0 Å². The van der Waals surface area contributed by atoms with Crippen molar-refractivity contribution in [3.05, 3.63) is 0 Å². The van der Waals surface area contributed by atoms with E-state index in [0.29, 0.717) is 12.8 Å². The van der Waals surface area contributed by atoms with Crippen LogP contribution in [0.3, 0.4) is 0 Å². The molecule has 0 spiro atoms. The minimum Gasteiger partial charge on any atom is -0.391 e. The highest BCUT2D eigenvalue weighted by Crippen LogP contribution is 2.33. The number of rotatable bonds is 2. The average Bonchev–Trinajstić information content (AvgIpc) is 1.96. The zero-order valence-electron chi connectivity index (χ0n) is 8.06. The van der Waals surface area contributed by atoms with Crippen LogP contribution in [0.1, 0.15) is 33.1 Å². The first-order valence-corrected chi connectivity index (χ1v) is 4.75. The summed E-state index contributed by atoms with van der Waals surface area (Å²) in [5.74, 6) is -2.76. The SMILES string of the molecule is CC(C)N[C@@H]1[C@@H](O)CCCC1(F)F. The average molecular weight is 193 g/mol. The molecule has 0 aromatic heterocycles. The van der Waals surface area contributed by atoms with Crippen molar-refractivity contribution in [2.45, 2.75) is 57.2 Å². The summed E-state index contributed by atoms with van der Waals surface area (Å²) < 4.78 is 26.5. The van der Waals surface area contributed by atoms with Gasteiger partial charge in [0.25, 0.3) is 5.92 Å². The van der Waals surface area contributed by atoms with E-state index in [9.17, 15) is 13.9 Å². The van der Waals surface area contributed by atoms with Crippen LogP contribution in [-0.2, 0) is 0 Å². The number of aliphatic hydroxyl groups excluding tert-OH is 1. The molecule has 0 unspecified atom stereocenters. The molecule has 0 saturated heterocycles. The van der Waals surface area contributed by atoms with Gasteiger partial charge in [0, 0.05) is 12.5 Å². The Morgan fingerprint density at radius 1 is 1.46 bits per heavy atom. The van der Waals surface area contributed by atoms with Crippen LogP contribution < -0.4 is 5.32 Å². The van der Waals surface area contributed by atoms with Crippen LogP contribution in [0, 0.1) is 0 Å². The maximum atomic E-state index is 13.3. The molecule has 2 N–H and O–H groups in total. The van der Waals surface area contributed by atoms with Crippen molar-refractivity contribution in [1.29, 1.82) is 0 Å². The van der Waals surface area contributed by atoms with Crippen LogP contribution in [0.15, 0.2) is 0 Å². The summed E-state index contributed by atoms with van der Waals surface area (Å²) in [5.41, 5.74) is 0. The van der Waals surface area contributed by atoms with E-state index in [1.165, 1.54) is 0 Å². The third kappa shape index (κ3) is 2.61. The first-order chi connectivity index (χ1) is 5.93. The number of hydrogen-bond acceptors (Lipinski definition) is 2. The normalized spacial score (nSPS) is 33.7. The summed E-state index contributed by atoms with van der Waals surface area (Å²) in [6.45, 7) is 3.61. The van der Waals surface area contributed by atoms with E-state index in [2.05, 4.69) is 5.32 Å². The fourth-order valence-corrected chi connectivity index (χ4v) is 1.74. The molecule has 0 amide bonds. The third-order valence-electron chi connectivity index (χ3n) is 2.36. The third-order valence-corrected chi connectivity index (χ3v) is 2.36. The quantitative estimate of drug-likeness (QED) is 0.697. The predicted octanol–water partition coefficient (Wildman–Crippen LogP) is 1.53. The summed E-state index contributed by atoms with van der Waals surface area (Å²) in [6, 6.07) is -1.09. The van der Waals surface area contributed by atoms with E-state index < -0.39 is 18.1 Å². The molecule has 1 saturated carbocycles.